The van der Waals surface area contributed by atoms with Crippen molar-refractivity contribution in [1.82, 2.24) is 21.3 Å². The van der Waals surface area contributed by atoms with E-state index >= 15 is 0 Å². The van der Waals surface area contributed by atoms with Crippen LogP contribution in [0.15, 0.2) is 0 Å². The molecule has 132 heavy (non-hydrogen) atoms. The number of hydrogen-bond donors (Lipinski definition) is 33. The first-order valence-corrected chi connectivity index (χ1v) is 42.4. The normalized spacial score (nSPS) is 50.4. The number of amides is 4. The van der Waals surface area contributed by atoms with Gasteiger partial charge in [-0.05, 0) is 13.8 Å². The van der Waals surface area contributed by atoms with Crippen LogP contribution >= 0.6 is 0 Å². The Hall–Kier alpha value is -4.12. The van der Waals surface area contributed by atoms with Crippen LogP contribution in [0.25, 0.3) is 0 Å². The average Bonchev–Trinajstić information content (AvgIpc) is 0.766. The SMILES string of the molecule is CC(=O)N[C@H]1[C@H](O[C@H]2[C@H](O)[C@@H](NC(C)=O)C(O)O[C@@H]2CO[C@@H]2O[C@@H](C)[C@@H](O)[C@@H](O)[C@@H]2O)O[C@H](CO)[C@@H](O[C@@H]2O[C@H](CO[C@H]3O[C@H](CO)[C@@H](O)[C@H](O)[C@@H]3O[C@@H]3O[C@H](CO)[C@@H](O[C@@H]4O[C@H](CO)[C@H](O)[C@H](O)[C@H]4O[C@@H]4O[C@@H](C)[C@@H](O)[C@@H](O)[C@@H]4O)[C@H](O)[C@H]3NC(C)=O)[C@@H](O)[C@H](O[C@H]3O[C@H](CO)[C@@H](O)[C@H](O)[C@@H]3O[C@@H]3O[C@H](CO)[C@@H](O[C@@H]4O[C@H](CO)[C@H](O)[C@H](O)[C@H]4O)[C@H](O)[C@H]3NC(C)=O)[C@@H]2O)[C@@H]1O. The number of rotatable bonds is 33. The van der Waals surface area contributed by atoms with Gasteiger partial charge in [0.25, 0.3) is 0 Å². The number of carbonyl (C=O) groups excluding carboxylic acids is 4. The summed E-state index contributed by atoms with van der Waals surface area (Å²) in [7, 11) is 0. The zero-order valence-corrected chi connectivity index (χ0v) is 71.3. The Morgan fingerprint density at radius 2 is 0.462 bits per heavy atom. The molecule has 55 atom stereocenters. The van der Waals surface area contributed by atoms with Crippen molar-refractivity contribution in [3.8, 4) is 0 Å². The van der Waals surface area contributed by atoms with E-state index in [0.717, 1.165) is 27.7 Å². The summed E-state index contributed by atoms with van der Waals surface area (Å²) in [6, 6.07) is -7.85. The molecule has 0 bridgehead atoms. The van der Waals surface area contributed by atoms with Gasteiger partial charge in [-0.15, -0.1) is 0 Å². The highest BCUT2D eigenvalue weighted by molar-refractivity contribution is 5.74. The molecule has 0 saturated carbocycles. The third-order valence-corrected chi connectivity index (χ3v) is 24.5. The molecule has 0 aromatic rings. The number of nitrogens with one attached hydrogen (secondary N) is 4. The first-order chi connectivity index (χ1) is 62.4. The highest BCUT2D eigenvalue weighted by Crippen LogP contribution is 2.42. The molecular weight excluding hydrogens is 1810 g/mol. The van der Waals surface area contributed by atoms with Gasteiger partial charge in [-0.2, -0.15) is 0 Å². The largest absolute Gasteiger partial charge is 0.394 e. The van der Waals surface area contributed by atoms with E-state index in [1.165, 1.54) is 13.8 Å². The molecule has 764 valence electrons. The minimum absolute atomic E-state index is 0.856. The summed E-state index contributed by atoms with van der Waals surface area (Å²) in [5.74, 6) is -3.85. The maximum absolute atomic E-state index is 13.3. The first-order valence-electron chi connectivity index (χ1n) is 42.4. The zero-order valence-electron chi connectivity index (χ0n) is 71.3. The van der Waals surface area contributed by atoms with Crippen LogP contribution in [0.2, 0.25) is 0 Å². The van der Waals surface area contributed by atoms with E-state index < -0.39 is 421 Å². The Morgan fingerprint density at radius 1 is 0.212 bits per heavy atom. The molecule has 0 aromatic heterocycles. The van der Waals surface area contributed by atoms with Crippen molar-refractivity contribution >= 4 is 23.6 Å². The van der Waals surface area contributed by atoms with Crippen LogP contribution in [0.1, 0.15) is 41.5 Å². The Balaban J connectivity index is 0.919. The second-order valence-corrected chi connectivity index (χ2v) is 33.8. The molecule has 0 radical (unpaired) electrons. The van der Waals surface area contributed by atoms with Gasteiger partial charge in [0.15, 0.2) is 69.2 Å². The van der Waals surface area contributed by atoms with Crippen molar-refractivity contribution < 1.29 is 267 Å². The fourth-order valence-corrected chi connectivity index (χ4v) is 17.2. The van der Waals surface area contributed by atoms with Gasteiger partial charge >= 0.3 is 0 Å². The van der Waals surface area contributed by atoms with E-state index in [-0.39, 0.29) is 0 Å². The fourth-order valence-electron chi connectivity index (χ4n) is 17.2. The predicted octanol–water partition coefficient (Wildman–Crippen LogP) is -22.3. The van der Waals surface area contributed by atoms with Crippen LogP contribution in [-0.2, 0) is 119 Å². The van der Waals surface area contributed by atoms with Crippen LogP contribution in [0, 0.1) is 0 Å². The second-order valence-electron chi connectivity index (χ2n) is 33.8. The summed E-state index contributed by atoms with van der Waals surface area (Å²) in [6.07, 6.45) is -106. The maximum atomic E-state index is 13.3. The van der Waals surface area contributed by atoms with Crippen molar-refractivity contribution in [2.75, 3.05) is 59.5 Å². The van der Waals surface area contributed by atoms with Gasteiger partial charge in [0.05, 0.1) is 71.7 Å². The monoisotopic (exact) mass is 1930 g/mol. The van der Waals surface area contributed by atoms with Gasteiger partial charge in [-0.1, -0.05) is 0 Å². The number of hydrogen-bond acceptors (Lipinski definition) is 54. The quantitative estimate of drug-likeness (QED) is 0.0290. The van der Waals surface area contributed by atoms with Crippen molar-refractivity contribution in [2.45, 2.75) is 379 Å². The van der Waals surface area contributed by atoms with E-state index in [0.29, 0.717) is 0 Å². The Labute approximate surface area is 748 Å². The highest BCUT2D eigenvalue weighted by atomic mass is 16.8. The van der Waals surface area contributed by atoms with E-state index in [9.17, 15) is 167 Å². The summed E-state index contributed by atoms with van der Waals surface area (Å²) < 4.78 is 125. The minimum Gasteiger partial charge on any atom is -0.394 e. The lowest BCUT2D eigenvalue weighted by molar-refractivity contribution is -0.400. The summed E-state index contributed by atoms with van der Waals surface area (Å²) in [4.78, 5) is 52.1. The molecule has 11 fully saturated rings. The zero-order chi connectivity index (χ0) is 97.1. The van der Waals surface area contributed by atoms with Gasteiger partial charge in [-0.3, -0.25) is 19.2 Å². The Kier molecular flexibility index (Phi) is 38.5. The predicted molar refractivity (Wildman–Crippen MR) is 406 cm³/mol. The lowest BCUT2D eigenvalue weighted by atomic mass is 9.93. The molecule has 0 aromatic carbocycles. The minimum atomic E-state index is -2.66. The molecule has 58 heteroatoms. The summed E-state index contributed by atoms with van der Waals surface area (Å²) >= 11 is 0. The molecule has 33 N–H and O–H groups in total. The van der Waals surface area contributed by atoms with E-state index in [1.54, 1.807) is 0 Å². The van der Waals surface area contributed by atoms with Crippen molar-refractivity contribution in [3.05, 3.63) is 0 Å². The van der Waals surface area contributed by atoms with E-state index in [2.05, 4.69) is 21.3 Å². The molecular formula is C74H124N4O54. The van der Waals surface area contributed by atoms with Crippen LogP contribution in [0.3, 0.4) is 0 Å². The van der Waals surface area contributed by atoms with Gasteiger partial charge < -0.3 is 269 Å². The lowest BCUT2D eigenvalue weighted by Gasteiger charge is -2.51. The average molecular weight is 1930 g/mol. The third kappa shape index (κ3) is 23.7. The molecule has 58 nitrogen and oxygen atoms in total. The molecule has 11 saturated heterocycles. The Morgan fingerprint density at radius 3 is 0.856 bits per heavy atom. The topological polar surface area (TPSA) is 897 Å². The van der Waals surface area contributed by atoms with Crippen LogP contribution < -0.4 is 21.3 Å². The third-order valence-electron chi connectivity index (χ3n) is 24.5. The Bertz CT molecular complexity index is 3610. The van der Waals surface area contributed by atoms with Gasteiger partial charge in [-0.25, -0.2) is 0 Å². The summed E-state index contributed by atoms with van der Waals surface area (Å²) in [5, 5.41) is 335. The second kappa shape index (κ2) is 47.0. The number of ether oxygens (including phenoxy) is 21. The highest BCUT2D eigenvalue weighted by Gasteiger charge is 2.63. The first kappa shape index (κ1) is 108. The number of carbonyl (C=O) groups is 4. The van der Waals surface area contributed by atoms with Crippen molar-refractivity contribution in [2.24, 2.45) is 0 Å². The van der Waals surface area contributed by atoms with Gasteiger partial charge in [0.2, 0.25) is 23.6 Å². The molecule has 1 unspecified atom stereocenters. The van der Waals surface area contributed by atoms with Crippen molar-refractivity contribution in [1.29, 1.82) is 0 Å². The maximum Gasteiger partial charge on any atom is 0.217 e. The lowest BCUT2D eigenvalue weighted by Crippen LogP contribution is -2.71. The molecule has 11 rings (SSSR count). The van der Waals surface area contributed by atoms with Crippen LogP contribution in [0.5, 0.6) is 0 Å². The molecule has 4 amide bonds. The molecule has 11 aliphatic heterocycles. The number of aliphatic hydroxyl groups is 29. The fraction of sp³-hybridized carbons (Fsp3) is 0.946. The van der Waals surface area contributed by atoms with E-state index in [4.69, 9.17) is 99.5 Å². The van der Waals surface area contributed by atoms with Gasteiger partial charge in [0.1, 0.15) is 256 Å². The molecule has 0 aliphatic carbocycles. The molecule has 0 spiro atoms. The standard InChI is InChI=1S/C74H124N4O54/c1-16-35(90)46(101)52(107)68(114-16)112-15-30-59(42(97)31(64(111)116-30)75-18(3)86)125-65-32(76-19(4)87)43(98)57(27(12-84)121-65)127-71-55(110)60(129-74-62(50(105)39(94)25(10-82)120-74)131-67-33(77-20(5)88)44(99)56(26(11-83)122-67)126-70-54(109)48(103)37(92)22(7-79)117-70)41(96)29(124-71)14-113-72-61(49(104)38(93)23(8-80)118-72)130-66-34(78-21(6)89)45(100)58(28(13-85)123-66)128-73-63(51(106)40(95)24(9-81)119-73)132-69-53(108)47(102)36(91)17(2)115-69/h16-17,22-74,79-85,90-111H,7-15H2,1-6H3,(H,75,86)(H,76,87)(H,77,88)(H,78,89)/t16-,17-,22+,23+,24+,25+,26+,27+,28+,29+,30+,31+,32+,33+,34+,35+,36+,37-,38+,39+,40-,41+,42+,43+,44+,45+,46+,47+,48-,49-,50-,51-,52-,53-,54+,55-,56+,57+,58+,59+,60-,61-,62-,63+,64?,65-,66-,67-,68+,69-,70-,71-,72-,73-,74+/m0/s1. The molecule has 11 heterocycles. The summed E-state index contributed by atoms with van der Waals surface area (Å²) in [6.45, 7) is -3.95. The molecule has 11 aliphatic rings. The van der Waals surface area contributed by atoms with Crippen molar-refractivity contribution in [3.63, 3.8) is 0 Å². The smallest absolute Gasteiger partial charge is 0.217 e. The number of aliphatic hydroxyl groups excluding tert-OH is 29. The van der Waals surface area contributed by atoms with Crippen LogP contribution in [0.4, 0.5) is 0 Å². The summed E-state index contributed by atoms with van der Waals surface area (Å²) in [5.41, 5.74) is 0. The van der Waals surface area contributed by atoms with Gasteiger partial charge in [0, 0.05) is 27.7 Å². The van der Waals surface area contributed by atoms with E-state index in [1.807, 2.05) is 0 Å². The van der Waals surface area contributed by atoms with Crippen LogP contribution in [-0.4, -0.2) is 569 Å².